The van der Waals surface area contributed by atoms with Gasteiger partial charge in [0.05, 0.1) is 0 Å². The predicted octanol–water partition coefficient (Wildman–Crippen LogP) is 18.2. The number of hydrogen-bond donors (Lipinski definition) is 0. The van der Waals surface area contributed by atoms with Gasteiger partial charge in [-0.2, -0.15) is 0 Å². The fourth-order valence-electron chi connectivity index (χ4n) is 9.92. The number of rotatable bonds is 6. The maximum absolute atomic E-state index is 2.46. The predicted molar refractivity (Wildman–Crippen MR) is 280 cm³/mol. The van der Waals surface area contributed by atoms with Gasteiger partial charge in [-0.1, -0.05) is 172 Å². The Morgan fingerprint density at radius 2 is 0.703 bits per heavy atom. The van der Waals surface area contributed by atoms with Crippen molar-refractivity contribution >= 4 is 82.3 Å². The molecule has 0 saturated carbocycles. The van der Waals surface area contributed by atoms with Crippen molar-refractivity contribution in [2.75, 3.05) is 9.80 Å². The zero-order valence-electron chi connectivity index (χ0n) is 39.1. The van der Waals surface area contributed by atoms with Crippen LogP contribution < -0.4 is 9.80 Å². The van der Waals surface area contributed by atoms with Gasteiger partial charge >= 0.3 is 0 Å². The van der Waals surface area contributed by atoms with Gasteiger partial charge in [0, 0.05) is 34.1 Å². The molecule has 0 aromatic heterocycles. The van der Waals surface area contributed by atoms with Crippen molar-refractivity contribution in [3.8, 4) is 0 Å². The number of fused-ring (bicyclic) bond motifs is 11. The maximum Gasteiger partial charge on any atom is 0.0468 e. The van der Waals surface area contributed by atoms with Crippen LogP contribution in [0.1, 0.15) is 91.8 Å². The quantitative estimate of drug-likeness (QED) is 0.154. The fourth-order valence-corrected chi connectivity index (χ4v) is 9.92. The minimum absolute atomic E-state index is 0.0118. The van der Waals surface area contributed by atoms with Crippen LogP contribution in [0.3, 0.4) is 0 Å². The Labute approximate surface area is 380 Å². The van der Waals surface area contributed by atoms with E-state index in [1.54, 1.807) is 0 Å². The van der Waals surface area contributed by atoms with Gasteiger partial charge in [0.25, 0.3) is 0 Å². The summed E-state index contributed by atoms with van der Waals surface area (Å²) in [5, 5.41) is 12.8. The van der Waals surface area contributed by atoms with E-state index in [1.165, 1.54) is 87.6 Å². The normalized spacial score (nSPS) is 13.6. The summed E-state index contributed by atoms with van der Waals surface area (Å²) >= 11 is 0. The van der Waals surface area contributed by atoms with E-state index < -0.39 is 0 Å². The van der Waals surface area contributed by atoms with Crippen molar-refractivity contribution < 1.29 is 0 Å². The molecule has 0 spiro atoms. The molecule has 2 nitrogen and oxygen atoms in total. The third-order valence-electron chi connectivity index (χ3n) is 13.4. The first-order valence-electron chi connectivity index (χ1n) is 23.2. The number of nitrogens with zero attached hydrogens (tertiary/aromatic N) is 2. The molecule has 0 radical (unpaired) electrons. The molecule has 9 aromatic carbocycles. The average Bonchev–Trinajstić information content (AvgIpc) is 3.29. The molecule has 0 bridgehead atoms. The molecule has 1 aliphatic carbocycles. The standard InChI is InChI=1S/C62H60N2/c1-60(2,3)41-20-17-25-45(36-41)63(44-23-11-10-12-24-44)48-32-34-54-56(39-48)50-28-13-15-30-52(50)59-55-35-33-49(40-57(55)51-29-14-16-31-53(51)58(54)59)64(46-26-18-21-42(37-46)61(4,5)6)47-27-19-22-43(38-47)62(7,8)9/h11,13-40H,10,12H2,1-9H3. The summed E-state index contributed by atoms with van der Waals surface area (Å²) < 4.78 is 0. The smallest absolute Gasteiger partial charge is 0.0468 e. The Morgan fingerprint density at radius 1 is 0.328 bits per heavy atom. The molecule has 0 N–H and O–H groups in total. The summed E-state index contributed by atoms with van der Waals surface area (Å²) in [4.78, 5) is 4.92. The van der Waals surface area contributed by atoms with Gasteiger partial charge in [-0.05, 0) is 166 Å². The summed E-state index contributed by atoms with van der Waals surface area (Å²) in [6.45, 7) is 20.7. The topological polar surface area (TPSA) is 6.48 Å². The Kier molecular flexibility index (Phi) is 10.1. The van der Waals surface area contributed by atoms with Gasteiger partial charge in [-0.15, -0.1) is 0 Å². The van der Waals surface area contributed by atoms with Crippen LogP contribution in [0.25, 0.3) is 53.9 Å². The van der Waals surface area contributed by atoms with E-state index >= 15 is 0 Å². The molecule has 10 rings (SSSR count). The van der Waals surface area contributed by atoms with Gasteiger partial charge in [-0.3, -0.25) is 0 Å². The molecule has 2 heteroatoms. The Balaban J connectivity index is 1.24. The SMILES string of the molecule is CC(C)(C)c1cccc(N(C2=CCCC=C2)c2ccc3c(c2)c2ccccc2c2c4ccc(N(c5cccc(C(C)(C)C)c5)c5cccc(C(C)(C)C)c5)cc4c4ccccc4c32)c1. The van der Waals surface area contributed by atoms with Crippen LogP contribution in [-0.4, -0.2) is 0 Å². The third-order valence-corrected chi connectivity index (χ3v) is 13.4. The highest BCUT2D eigenvalue weighted by Crippen LogP contribution is 2.48. The molecule has 0 amide bonds. The van der Waals surface area contributed by atoms with E-state index in [0.29, 0.717) is 0 Å². The van der Waals surface area contributed by atoms with E-state index in [2.05, 4.69) is 248 Å². The third kappa shape index (κ3) is 7.33. The number of allylic oxidation sites excluding steroid dienone is 3. The monoisotopic (exact) mass is 832 g/mol. The first-order chi connectivity index (χ1) is 30.6. The van der Waals surface area contributed by atoms with E-state index in [4.69, 9.17) is 0 Å². The largest absolute Gasteiger partial charge is 0.311 e. The Morgan fingerprint density at radius 3 is 1.11 bits per heavy atom. The van der Waals surface area contributed by atoms with Crippen molar-refractivity contribution in [3.63, 3.8) is 0 Å². The molecule has 9 aromatic rings. The summed E-state index contributed by atoms with van der Waals surface area (Å²) in [5.74, 6) is 0. The lowest BCUT2D eigenvalue weighted by Crippen LogP contribution is -2.18. The van der Waals surface area contributed by atoms with Gasteiger partial charge in [0.1, 0.15) is 0 Å². The second-order valence-electron chi connectivity index (χ2n) is 21.0. The Hall–Kier alpha value is -6.64. The summed E-state index contributed by atoms with van der Waals surface area (Å²) in [7, 11) is 0. The van der Waals surface area contributed by atoms with Gasteiger partial charge in [0.15, 0.2) is 0 Å². The van der Waals surface area contributed by atoms with Crippen LogP contribution in [0, 0.1) is 0 Å². The van der Waals surface area contributed by atoms with Crippen molar-refractivity contribution in [1.82, 2.24) is 0 Å². The minimum atomic E-state index is 0.0118. The van der Waals surface area contributed by atoms with Crippen LogP contribution in [0.2, 0.25) is 0 Å². The molecule has 0 fully saturated rings. The van der Waals surface area contributed by atoms with Gasteiger partial charge < -0.3 is 9.80 Å². The molecule has 0 saturated heterocycles. The second kappa shape index (κ2) is 15.6. The van der Waals surface area contributed by atoms with Crippen molar-refractivity contribution in [2.45, 2.75) is 91.4 Å². The molecular weight excluding hydrogens is 773 g/mol. The highest BCUT2D eigenvalue weighted by Gasteiger charge is 2.24. The van der Waals surface area contributed by atoms with Gasteiger partial charge in [-0.25, -0.2) is 0 Å². The number of anilines is 5. The van der Waals surface area contributed by atoms with Crippen LogP contribution in [0.15, 0.2) is 182 Å². The molecule has 0 heterocycles. The lowest BCUT2D eigenvalue weighted by molar-refractivity contribution is 0.590. The maximum atomic E-state index is 2.46. The number of hydrogen-bond acceptors (Lipinski definition) is 2. The Bertz CT molecular complexity index is 3280. The highest BCUT2D eigenvalue weighted by molar-refractivity contribution is 6.39. The van der Waals surface area contributed by atoms with Crippen molar-refractivity contribution in [1.29, 1.82) is 0 Å². The summed E-state index contributed by atoms with van der Waals surface area (Å²) in [6, 6.07) is 59.9. The fraction of sp³-hybridized carbons (Fsp3) is 0.226. The lowest BCUT2D eigenvalue weighted by Gasteiger charge is -2.30. The molecule has 1 aliphatic rings. The van der Waals surface area contributed by atoms with E-state index in [9.17, 15) is 0 Å². The molecule has 318 valence electrons. The van der Waals surface area contributed by atoms with Crippen LogP contribution in [-0.2, 0) is 16.2 Å². The van der Waals surface area contributed by atoms with Crippen molar-refractivity contribution in [2.24, 2.45) is 0 Å². The van der Waals surface area contributed by atoms with Gasteiger partial charge in [0.2, 0.25) is 0 Å². The molecule has 0 unspecified atom stereocenters. The van der Waals surface area contributed by atoms with E-state index in [0.717, 1.165) is 29.9 Å². The van der Waals surface area contributed by atoms with E-state index in [1.807, 2.05) is 0 Å². The molecular formula is C62H60N2. The molecule has 0 atom stereocenters. The zero-order chi connectivity index (χ0) is 44.5. The highest BCUT2D eigenvalue weighted by atomic mass is 15.1. The minimum Gasteiger partial charge on any atom is -0.311 e. The first-order valence-corrected chi connectivity index (χ1v) is 23.2. The first kappa shape index (κ1) is 41.4. The molecule has 64 heavy (non-hydrogen) atoms. The van der Waals surface area contributed by atoms with Crippen LogP contribution in [0.5, 0.6) is 0 Å². The second-order valence-corrected chi connectivity index (χ2v) is 21.0. The number of benzene rings is 9. The van der Waals surface area contributed by atoms with Crippen LogP contribution in [0.4, 0.5) is 28.4 Å². The lowest BCUT2D eigenvalue weighted by atomic mass is 9.86. The molecule has 0 aliphatic heterocycles. The summed E-state index contributed by atoms with van der Waals surface area (Å²) in [5.41, 5.74) is 11.1. The summed E-state index contributed by atoms with van der Waals surface area (Å²) in [6.07, 6.45) is 9.11. The van der Waals surface area contributed by atoms with Crippen molar-refractivity contribution in [3.05, 3.63) is 198 Å². The van der Waals surface area contributed by atoms with E-state index in [-0.39, 0.29) is 16.2 Å². The average molecular weight is 833 g/mol. The van der Waals surface area contributed by atoms with Crippen LogP contribution >= 0.6 is 0 Å². The zero-order valence-corrected chi connectivity index (χ0v) is 39.1.